The number of hydrogen-bond donors (Lipinski definition) is 1. The van der Waals surface area contributed by atoms with E-state index in [-0.39, 0.29) is 22.9 Å². The number of fused-ring (bicyclic) bond motifs is 3. The number of imidazole rings is 1. The molecular formula is C37H43ClFN7O. The van der Waals surface area contributed by atoms with Crippen molar-refractivity contribution >= 4 is 45.7 Å². The molecule has 10 heteroatoms. The third-order valence-electron chi connectivity index (χ3n) is 11.3. The maximum atomic E-state index is 14.9. The fraction of sp³-hybridized carbons (Fsp3) is 0.514. The van der Waals surface area contributed by atoms with Gasteiger partial charge in [0.2, 0.25) is 5.91 Å². The highest BCUT2D eigenvalue weighted by molar-refractivity contribution is 6.29. The molecule has 1 saturated heterocycles. The van der Waals surface area contributed by atoms with E-state index in [0.717, 1.165) is 80.1 Å². The van der Waals surface area contributed by atoms with Gasteiger partial charge in [-0.2, -0.15) is 0 Å². The fourth-order valence-corrected chi connectivity index (χ4v) is 8.77. The minimum Gasteiger partial charge on any atom is -0.336 e. The van der Waals surface area contributed by atoms with E-state index >= 15 is 0 Å². The first-order valence-corrected chi connectivity index (χ1v) is 17.6. The molecule has 4 aliphatic rings. The largest absolute Gasteiger partial charge is 0.336 e. The minimum absolute atomic E-state index is 0.114. The number of carbonyl (C=O) groups excluding carboxylic acids is 1. The average molecular weight is 656 g/mol. The SMILES string of the molecule is CC(C)n1cnc2cc(-c3ccc4c(c3)N(C3CC(N5CCC(C)(C)C5)C3)C(=O)C43CCCCC3)nc(Nc3cc(Cl)ncc3F)c21. The maximum absolute atomic E-state index is 14.9. The summed E-state index contributed by atoms with van der Waals surface area (Å²) in [6, 6.07) is 10.8. The van der Waals surface area contributed by atoms with E-state index in [4.69, 9.17) is 21.6 Å². The van der Waals surface area contributed by atoms with Crippen LogP contribution >= 0.6 is 11.6 Å². The number of nitrogens with zero attached hydrogens (tertiary/aromatic N) is 6. The van der Waals surface area contributed by atoms with E-state index in [0.29, 0.717) is 28.9 Å². The molecule has 3 fully saturated rings. The Balaban J connectivity index is 1.19. The molecule has 0 radical (unpaired) electrons. The second-order valence-electron chi connectivity index (χ2n) is 15.3. The van der Waals surface area contributed by atoms with E-state index in [1.54, 1.807) is 6.33 Å². The van der Waals surface area contributed by atoms with Crippen molar-refractivity contribution in [2.24, 2.45) is 5.41 Å². The van der Waals surface area contributed by atoms with Crippen LogP contribution < -0.4 is 10.2 Å². The van der Waals surface area contributed by atoms with Crippen LogP contribution in [0.3, 0.4) is 0 Å². The van der Waals surface area contributed by atoms with E-state index in [2.05, 4.69) is 66.0 Å². The zero-order valence-corrected chi connectivity index (χ0v) is 28.4. The third-order valence-corrected chi connectivity index (χ3v) is 11.5. The monoisotopic (exact) mass is 655 g/mol. The lowest BCUT2D eigenvalue weighted by Gasteiger charge is -2.46. The molecule has 0 bridgehead atoms. The number of hydrogen-bond acceptors (Lipinski definition) is 6. The number of aromatic nitrogens is 4. The molecule has 8 rings (SSSR count). The van der Waals surface area contributed by atoms with Crippen LogP contribution in [0.15, 0.2) is 42.9 Å². The summed E-state index contributed by atoms with van der Waals surface area (Å²) in [5.41, 5.74) is 5.49. The van der Waals surface area contributed by atoms with E-state index in [1.807, 2.05) is 10.6 Å². The molecule has 1 aromatic carbocycles. The Morgan fingerprint density at radius 1 is 1.02 bits per heavy atom. The summed E-state index contributed by atoms with van der Waals surface area (Å²) in [5.74, 6) is 0.254. The Morgan fingerprint density at radius 3 is 2.53 bits per heavy atom. The summed E-state index contributed by atoms with van der Waals surface area (Å²) in [7, 11) is 0. The molecule has 4 aromatic rings. The van der Waals surface area contributed by atoms with Crippen molar-refractivity contribution < 1.29 is 9.18 Å². The molecule has 47 heavy (non-hydrogen) atoms. The number of likely N-dealkylation sites (tertiary alicyclic amines) is 1. The van der Waals surface area contributed by atoms with Gasteiger partial charge in [-0.15, -0.1) is 0 Å². The van der Waals surface area contributed by atoms with Crippen LogP contribution in [-0.2, 0) is 10.2 Å². The number of anilines is 3. The maximum Gasteiger partial charge on any atom is 0.237 e. The Labute approximate surface area is 280 Å². The van der Waals surface area contributed by atoms with Gasteiger partial charge in [0.25, 0.3) is 0 Å². The van der Waals surface area contributed by atoms with E-state index in [1.165, 1.54) is 24.5 Å². The Morgan fingerprint density at radius 2 is 1.81 bits per heavy atom. The summed E-state index contributed by atoms with van der Waals surface area (Å²) in [4.78, 5) is 33.0. The molecule has 5 heterocycles. The topological polar surface area (TPSA) is 79.2 Å². The highest BCUT2D eigenvalue weighted by atomic mass is 35.5. The van der Waals surface area contributed by atoms with Gasteiger partial charge in [0.1, 0.15) is 10.7 Å². The molecule has 0 atom stereocenters. The molecule has 1 N–H and O–H groups in total. The number of nitrogens with one attached hydrogen (secondary N) is 1. The summed E-state index contributed by atoms with van der Waals surface area (Å²) in [6.07, 6.45) is 11.4. The van der Waals surface area contributed by atoms with Crippen LogP contribution in [0.2, 0.25) is 5.15 Å². The second-order valence-corrected chi connectivity index (χ2v) is 15.7. The Kier molecular flexibility index (Phi) is 7.37. The normalized spacial score (nSPS) is 23.6. The van der Waals surface area contributed by atoms with Crippen molar-refractivity contribution in [2.75, 3.05) is 23.3 Å². The first kappa shape index (κ1) is 30.8. The first-order valence-electron chi connectivity index (χ1n) is 17.2. The standard InChI is InChI=1S/C37H43ClFN7O/c1-22(2)45-21-41-30-17-28(42-34(33(30)45)43-29-18-32(38)40-19-27(29)39)23-8-9-26-31(14-23)46(35(47)37(26)10-6-5-7-11-37)25-15-24(16-25)44-13-12-36(3,4)20-44/h8-9,14,17-19,21-22,24-25H,5-7,10-13,15-16,20H2,1-4H3,(H,40,42,43). The number of pyridine rings is 2. The van der Waals surface area contributed by atoms with Gasteiger partial charge in [-0.1, -0.05) is 56.8 Å². The molecule has 2 aliphatic heterocycles. The summed E-state index contributed by atoms with van der Waals surface area (Å²) in [6.45, 7) is 11.2. The quantitative estimate of drug-likeness (QED) is 0.210. The number of amides is 1. The van der Waals surface area contributed by atoms with Crippen molar-refractivity contribution in [1.82, 2.24) is 24.4 Å². The van der Waals surface area contributed by atoms with Gasteiger partial charge in [0.05, 0.1) is 34.8 Å². The molecule has 1 amide bonds. The number of benzene rings is 1. The summed E-state index contributed by atoms with van der Waals surface area (Å²) in [5, 5.41) is 3.38. The van der Waals surface area contributed by atoms with Crippen LogP contribution in [0.25, 0.3) is 22.3 Å². The van der Waals surface area contributed by atoms with Crippen LogP contribution in [0.5, 0.6) is 0 Å². The number of rotatable bonds is 6. The van der Waals surface area contributed by atoms with E-state index in [9.17, 15) is 9.18 Å². The fourth-order valence-electron chi connectivity index (χ4n) is 8.61. The highest BCUT2D eigenvalue weighted by Crippen LogP contribution is 2.54. The molecule has 0 unspecified atom stereocenters. The number of halogens is 2. The molecule has 2 aliphatic carbocycles. The molecular weight excluding hydrogens is 613 g/mol. The van der Waals surface area contributed by atoms with Crippen LogP contribution in [0.1, 0.15) is 90.7 Å². The molecule has 1 spiro atoms. The smallest absolute Gasteiger partial charge is 0.237 e. The molecule has 246 valence electrons. The lowest BCUT2D eigenvalue weighted by Crippen LogP contribution is -2.56. The van der Waals surface area contributed by atoms with Crippen molar-refractivity contribution in [3.05, 3.63) is 59.4 Å². The van der Waals surface area contributed by atoms with Gasteiger partial charge in [0.15, 0.2) is 11.6 Å². The first-order chi connectivity index (χ1) is 22.5. The lowest BCUT2D eigenvalue weighted by molar-refractivity contribution is -0.125. The zero-order valence-electron chi connectivity index (χ0n) is 27.7. The van der Waals surface area contributed by atoms with Gasteiger partial charge in [-0.25, -0.2) is 19.3 Å². The van der Waals surface area contributed by atoms with Crippen molar-refractivity contribution in [3.8, 4) is 11.3 Å². The van der Waals surface area contributed by atoms with Crippen molar-refractivity contribution in [3.63, 3.8) is 0 Å². The Hall–Kier alpha value is -3.56. The van der Waals surface area contributed by atoms with Crippen LogP contribution in [0.4, 0.5) is 21.6 Å². The molecule has 3 aromatic heterocycles. The zero-order chi connectivity index (χ0) is 32.7. The van der Waals surface area contributed by atoms with Crippen molar-refractivity contribution in [1.29, 1.82) is 0 Å². The van der Waals surface area contributed by atoms with Crippen LogP contribution in [0, 0.1) is 11.2 Å². The van der Waals surface area contributed by atoms with Gasteiger partial charge in [-0.05, 0) is 75.6 Å². The second kappa shape index (κ2) is 11.3. The third kappa shape index (κ3) is 5.12. The number of carbonyl (C=O) groups is 1. The van der Waals surface area contributed by atoms with Crippen LogP contribution in [-0.4, -0.2) is 55.5 Å². The van der Waals surface area contributed by atoms with Gasteiger partial charge < -0.3 is 14.8 Å². The van der Waals surface area contributed by atoms with E-state index < -0.39 is 11.2 Å². The van der Waals surface area contributed by atoms with Gasteiger partial charge in [-0.3, -0.25) is 9.69 Å². The predicted molar refractivity (Wildman–Crippen MR) is 185 cm³/mol. The highest BCUT2D eigenvalue weighted by Gasteiger charge is 2.55. The minimum atomic E-state index is -0.522. The Bertz CT molecular complexity index is 1870. The summed E-state index contributed by atoms with van der Waals surface area (Å²) < 4.78 is 16.9. The van der Waals surface area contributed by atoms with Gasteiger partial charge in [0, 0.05) is 42.0 Å². The lowest BCUT2D eigenvalue weighted by atomic mass is 9.70. The summed E-state index contributed by atoms with van der Waals surface area (Å²) >= 11 is 6.14. The van der Waals surface area contributed by atoms with Gasteiger partial charge >= 0.3 is 0 Å². The average Bonchev–Trinajstić information content (AvgIpc) is 3.68. The molecule has 2 saturated carbocycles. The predicted octanol–water partition coefficient (Wildman–Crippen LogP) is 8.42. The van der Waals surface area contributed by atoms with Crippen molar-refractivity contribution in [2.45, 2.75) is 103 Å². The molecule has 8 nitrogen and oxygen atoms in total.